The predicted molar refractivity (Wildman–Crippen MR) is 63.6 cm³/mol. The third-order valence-electron chi connectivity index (χ3n) is 2.75. The van der Waals surface area contributed by atoms with Gasteiger partial charge in [0.1, 0.15) is 16.2 Å². The first-order valence-electron chi connectivity index (χ1n) is 5.57. The lowest BCUT2D eigenvalue weighted by Gasteiger charge is -2.10. The largest absolute Gasteiger partial charge is 0.465 e. The van der Waals surface area contributed by atoms with Gasteiger partial charge in [0.15, 0.2) is 5.78 Å². The lowest BCUT2D eigenvalue weighted by atomic mass is 9.98. The van der Waals surface area contributed by atoms with Gasteiger partial charge in [-0.05, 0) is 35.7 Å². The Morgan fingerprint density at radius 3 is 3.18 bits per heavy atom. The first-order valence-corrected chi connectivity index (χ1v) is 6.37. The fraction of sp³-hybridized carbons (Fsp3) is 0.545. The third kappa shape index (κ3) is 2.41. The molecule has 2 rings (SSSR count). The lowest BCUT2D eigenvalue weighted by molar-refractivity contribution is -0.146. The normalized spacial score (nSPS) is 19.6. The van der Waals surface area contributed by atoms with E-state index in [1.165, 1.54) is 0 Å². The minimum absolute atomic E-state index is 0.195. The van der Waals surface area contributed by atoms with Gasteiger partial charge in [0.2, 0.25) is 0 Å². The summed E-state index contributed by atoms with van der Waals surface area (Å²) in [6, 6.07) is 1.65. The topological polar surface area (TPSA) is 61.2 Å². The molecule has 5 nitrogen and oxygen atoms in total. The maximum absolute atomic E-state index is 12.2. The number of nitrogens with zero attached hydrogens (tertiary/aromatic N) is 2. The summed E-state index contributed by atoms with van der Waals surface area (Å²) in [5.74, 6) is -1.30. The zero-order valence-corrected chi connectivity index (χ0v) is 11.1. The van der Waals surface area contributed by atoms with Gasteiger partial charge >= 0.3 is 5.97 Å². The van der Waals surface area contributed by atoms with Crippen LogP contribution in [0.15, 0.2) is 10.7 Å². The Balaban J connectivity index is 2.28. The van der Waals surface area contributed by atoms with E-state index < -0.39 is 11.9 Å². The number of carbonyl (C=O) groups excluding carboxylic acids is 2. The molecule has 1 unspecified atom stereocenters. The molecule has 0 saturated heterocycles. The van der Waals surface area contributed by atoms with E-state index >= 15 is 0 Å². The molecule has 1 aromatic rings. The van der Waals surface area contributed by atoms with Crippen LogP contribution in [0.25, 0.3) is 0 Å². The molecule has 0 amide bonds. The molecule has 1 aliphatic heterocycles. The van der Waals surface area contributed by atoms with Gasteiger partial charge in [-0.3, -0.25) is 14.3 Å². The van der Waals surface area contributed by atoms with Crippen molar-refractivity contribution < 1.29 is 14.3 Å². The second-order valence-electron chi connectivity index (χ2n) is 3.89. The summed E-state index contributed by atoms with van der Waals surface area (Å²) in [5, 5.41) is 4.16. The number of hydrogen-bond donors (Lipinski definition) is 0. The van der Waals surface area contributed by atoms with Gasteiger partial charge in [-0.1, -0.05) is 0 Å². The van der Waals surface area contributed by atoms with Crippen molar-refractivity contribution in [2.75, 3.05) is 6.61 Å². The SMILES string of the molecule is CCOC(=O)C1CCCn2nc(Br)cc2C1=O. The van der Waals surface area contributed by atoms with E-state index in [-0.39, 0.29) is 5.78 Å². The van der Waals surface area contributed by atoms with E-state index in [4.69, 9.17) is 4.74 Å². The van der Waals surface area contributed by atoms with E-state index in [2.05, 4.69) is 21.0 Å². The number of Topliss-reactive ketones (excluding diaryl/α,β-unsaturated/α-hetero) is 1. The van der Waals surface area contributed by atoms with Crippen molar-refractivity contribution in [1.29, 1.82) is 0 Å². The minimum atomic E-state index is -0.681. The number of aryl methyl sites for hydroxylation is 1. The Hall–Kier alpha value is -1.17. The number of rotatable bonds is 2. The van der Waals surface area contributed by atoms with Gasteiger partial charge < -0.3 is 4.74 Å². The summed E-state index contributed by atoms with van der Waals surface area (Å²) < 4.78 is 7.19. The van der Waals surface area contributed by atoms with Crippen molar-refractivity contribution in [3.05, 3.63) is 16.4 Å². The highest BCUT2D eigenvalue weighted by Gasteiger charge is 2.33. The molecule has 1 aliphatic rings. The molecular weight excluding hydrogens is 288 g/mol. The molecule has 0 aliphatic carbocycles. The molecule has 1 aromatic heterocycles. The molecule has 0 N–H and O–H groups in total. The highest BCUT2D eigenvalue weighted by atomic mass is 79.9. The van der Waals surface area contributed by atoms with Crippen molar-refractivity contribution in [2.24, 2.45) is 5.92 Å². The standard InChI is InChI=1S/C11H13BrN2O3/c1-2-17-11(16)7-4-3-5-14-8(10(7)15)6-9(12)13-14/h6-7H,2-5H2,1H3. The molecule has 0 saturated carbocycles. The number of hydrogen-bond acceptors (Lipinski definition) is 4. The van der Waals surface area contributed by atoms with Crippen LogP contribution in [0.4, 0.5) is 0 Å². The molecule has 0 spiro atoms. The quantitative estimate of drug-likeness (QED) is 0.617. The maximum atomic E-state index is 12.2. The molecule has 0 fully saturated rings. The van der Waals surface area contributed by atoms with E-state index in [9.17, 15) is 9.59 Å². The van der Waals surface area contributed by atoms with Gasteiger partial charge in [0.25, 0.3) is 0 Å². The van der Waals surface area contributed by atoms with Crippen LogP contribution in [0, 0.1) is 5.92 Å². The Labute approximate surface area is 107 Å². The van der Waals surface area contributed by atoms with Gasteiger partial charge in [0.05, 0.1) is 6.61 Å². The highest BCUT2D eigenvalue weighted by molar-refractivity contribution is 9.10. The van der Waals surface area contributed by atoms with Crippen molar-refractivity contribution in [3.8, 4) is 0 Å². The van der Waals surface area contributed by atoms with Crippen molar-refractivity contribution in [1.82, 2.24) is 9.78 Å². The summed E-state index contributed by atoms with van der Waals surface area (Å²) in [4.78, 5) is 23.9. The molecule has 0 bridgehead atoms. The number of fused-ring (bicyclic) bond motifs is 1. The van der Waals surface area contributed by atoms with Crippen LogP contribution in [0.3, 0.4) is 0 Å². The summed E-state index contributed by atoms with van der Waals surface area (Å²) in [7, 11) is 0. The second kappa shape index (κ2) is 5.00. The summed E-state index contributed by atoms with van der Waals surface area (Å²) >= 11 is 3.23. The minimum Gasteiger partial charge on any atom is -0.465 e. The van der Waals surface area contributed by atoms with Crippen molar-refractivity contribution in [2.45, 2.75) is 26.3 Å². The number of carbonyl (C=O) groups is 2. The van der Waals surface area contributed by atoms with Crippen molar-refractivity contribution >= 4 is 27.7 Å². The Morgan fingerprint density at radius 1 is 1.71 bits per heavy atom. The van der Waals surface area contributed by atoms with Crippen LogP contribution < -0.4 is 0 Å². The van der Waals surface area contributed by atoms with E-state index in [1.54, 1.807) is 17.7 Å². The monoisotopic (exact) mass is 300 g/mol. The fourth-order valence-corrected chi connectivity index (χ4v) is 2.38. The van der Waals surface area contributed by atoms with Crippen molar-refractivity contribution in [3.63, 3.8) is 0 Å². The fourth-order valence-electron chi connectivity index (χ4n) is 1.98. The van der Waals surface area contributed by atoms with E-state index in [0.29, 0.717) is 29.9 Å². The third-order valence-corrected chi connectivity index (χ3v) is 3.14. The molecule has 17 heavy (non-hydrogen) atoms. The Morgan fingerprint density at radius 2 is 2.47 bits per heavy atom. The second-order valence-corrected chi connectivity index (χ2v) is 4.70. The molecule has 0 aromatic carbocycles. The Bertz CT molecular complexity index is 456. The Kier molecular flexibility index (Phi) is 3.61. The highest BCUT2D eigenvalue weighted by Crippen LogP contribution is 2.23. The zero-order chi connectivity index (χ0) is 12.4. The first-order chi connectivity index (χ1) is 8.13. The van der Waals surface area contributed by atoms with E-state index in [1.807, 2.05) is 0 Å². The summed E-state index contributed by atoms with van der Waals surface area (Å²) in [6.45, 7) is 2.69. The van der Waals surface area contributed by atoms with Gasteiger partial charge in [-0.15, -0.1) is 0 Å². The van der Waals surface area contributed by atoms with E-state index in [0.717, 1.165) is 6.42 Å². The molecular formula is C11H13BrN2O3. The van der Waals surface area contributed by atoms with Crippen LogP contribution in [-0.2, 0) is 16.1 Å². The first kappa shape index (κ1) is 12.3. The molecule has 6 heteroatoms. The van der Waals surface area contributed by atoms with Crippen LogP contribution in [0.5, 0.6) is 0 Å². The predicted octanol–water partition coefficient (Wildman–Crippen LogP) is 1.80. The van der Waals surface area contributed by atoms with Crippen LogP contribution >= 0.6 is 15.9 Å². The average Bonchev–Trinajstić information content (AvgIpc) is 2.58. The van der Waals surface area contributed by atoms with Gasteiger partial charge in [-0.25, -0.2) is 0 Å². The zero-order valence-electron chi connectivity index (χ0n) is 9.48. The average molecular weight is 301 g/mol. The number of ketones is 1. The smallest absolute Gasteiger partial charge is 0.316 e. The van der Waals surface area contributed by atoms with Crippen LogP contribution in [0.2, 0.25) is 0 Å². The number of esters is 1. The molecule has 92 valence electrons. The lowest BCUT2D eigenvalue weighted by Crippen LogP contribution is -2.26. The molecule has 1 atom stereocenters. The maximum Gasteiger partial charge on any atom is 0.316 e. The van der Waals surface area contributed by atoms with Gasteiger partial charge in [0, 0.05) is 12.6 Å². The van der Waals surface area contributed by atoms with Crippen LogP contribution in [-0.4, -0.2) is 28.1 Å². The molecule has 0 radical (unpaired) electrons. The summed E-state index contributed by atoms with van der Waals surface area (Å²) in [6.07, 6.45) is 1.27. The number of halogens is 1. The molecule has 2 heterocycles. The van der Waals surface area contributed by atoms with Gasteiger partial charge in [-0.2, -0.15) is 5.10 Å². The number of ether oxygens (including phenoxy) is 1. The number of aromatic nitrogens is 2. The summed E-state index contributed by atoms with van der Waals surface area (Å²) in [5.41, 5.74) is 0.479. The van der Waals surface area contributed by atoms with Crippen LogP contribution in [0.1, 0.15) is 30.3 Å².